The van der Waals surface area contributed by atoms with E-state index in [1.807, 2.05) is 12.1 Å². The number of anilines is 2. The number of nitrogens with zero attached hydrogens (tertiary/aromatic N) is 2. The summed E-state index contributed by atoms with van der Waals surface area (Å²) in [5.41, 5.74) is 13.4. The Morgan fingerprint density at radius 1 is 1.06 bits per heavy atom. The normalized spacial score (nSPS) is 17.1. The number of nitrogens with two attached hydrogens (primary N) is 2. The summed E-state index contributed by atoms with van der Waals surface area (Å²) in [6.45, 7) is 6.45. The average molecular weight is 248 g/mol. The number of unbranched alkanes of at least 4 members (excludes halogenated alkanes) is 1. The Labute approximate surface area is 110 Å². The summed E-state index contributed by atoms with van der Waals surface area (Å²) in [7, 11) is 0. The first-order chi connectivity index (χ1) is 8.79. The number of piperazine rings is 1. The molecule has 18 heavy (non-hydrogen) atoms. The van der Waals surface area contributed by atoms with E-state index >= 15 is 0 Å². The van der Waals surface area contributed by atoms with Crippen molar-refractivity contribution in [2.24, 2.45) is 5.73 Å². The van der Waals surface area contributed by atoms with E-state index in [2.05, 4.69) is 21.9 Å². The summed E-state index contributed by atoms with van der Waals surface area (Å²) in [6, 6.07) is 8.16. The molecule has 0 saturated carbocycles. The number of hydrogen-bond donors (Lipinski definition) is 2. The highest BCUT2D eigenvalue weighted by Gasteiger charge is 2.16. The van der Waals surface area contributed by atoms with Gasteiger partial charge in [-0.05, 0) is 44.1 Å². The van der Waals surface area contributed by atoms with Crippen molar-refractivity contribution < 1.29 is 0 Å². The smallest absolute Gasteiger partial charge is 0.0387 e. The monoisotopic (exact) mass is 248 g/mol. The van der Waals surface area contributed by atoms with E-state index in [0.29, 0.717) is 0 Å². The van der Waals surface area contributed by atoms with Crippen LogP contribution in [0.2, 0.25) is 0 Å². The Kier molecular flexibility index (Phi) is 4.84. The first kappa shape index (κ1) is 13.2. The van der Waals surface area contributed by atoms with Gasteiger partial charge in [-0.15, -0.1) is 0 Å². The zero-order valence-corrected chi connectivity index (χ0v) is 11.0. The molecule has 4 N–H and O–H groups in total. The molecule has 0 unspecified atom stereocenters. The summed E-state index contributed by atoms with van der Waals surface area (Å²) in [5.74, 6) is 0. The topological polar surface area (TPSA) is 58.5 Å². The summed E-state index contributed by atoms with van der Waals surface area (Å²) in [5, 5.41) is 0. The molecule has 0 spiro atoms. The Morgan fingerprint density at radius 3 is 2.50 bits per heavy atom. The van der Waals surface area contributed by atoms with Crippen LogP contribution in [0.1, 0.15) is 12.8 Å². The average Bonchev–Trinajstić information content (AvgIpc) is 2.40. The van der Waals surface area contributed by atoms with Gasteiger partial charge in [0.25, 0.3) is 0 Å². The molecule has 1 aliphatic heterocycles. The lowest BCUT2D eigenvalue weighted by Crippen LogP contribution is -2.46. The van der Waals surface area contributed by atoms with Crippen LogP contribution in [-0.4, -0.2) is 44.2 Å². The molecule has 1 aromatic carbocycles. The number of hydrogen-bond acceptors (Lipinski definition) is 4. The van der Waals surface area contributed by atoms with Crippen LogP contribution >= 0.6 is 0 Å². The van der Waals surface area contributed by atoms with E-state index in [1.54, 1.807) is 0 Å². The molecule has 1 saturated heterocycles. The van der Waals surface area contributed by atoms with Gasteiger partial charge >= 0.3 is 0 Å². The third-order valence-electron chi connectivity index (χ3n) is 3.54. The highest BCUT2D eigenvalue weighted by atomic mass is 15.3. The number of rotatable bonds is 5. The largest absolute Gasteiger partial charge is 0.399 e. The molecule has 0 atom stereocenters. The van der Waals surface area contributed by atoms with Gasteiger partial charge in [-0.3, -0.25) is 4.90 Å². The Hall–Kier alpha value is -1.26. The second kappa shape index (κ2) is 6.61. The highest BCUT2D eigenvalue weighted by molar-refractivity contribution is 5.56. The molecule has 4 heteroatoms. The number of nitrogen functional groups attached to an aromatic ring is 1. The van der Waals surface area contributed by atoms with Crippen LogP contribution in [0, 0.1) is 0 Å². The molecule has 0 amide bonds. The van der Waals surface area contributed by atoms with E-state index in [4.69, 9.17) is 11.5 Å². The molecule has 100 valence electrons. The van der Waals surface area contributed by atoms with E-state index in [9.17, 15) is 0 Å². The van der Waals surface area contributed by atoms with Crippen molar-refractivity contribution in [2.45, 2.75) is 12.8 Å². The molecule has 1 aliphatic rings. The van der Waals surface area contributed by atoms with Crippen LogP contribution in [0.25, 0.3) is 0 Å². The fourth-order valence-electron chi connectivity index (χ4n) is 2.43. The van der Waals surface area contributed by atoms with Crippen LogP contribution in [0.5, 0.6) is 0 Å². The van der Waals surface area contributed by atoms with Crippen molar-refractivity contribution in [3.63, 3.8) is 0 Å². The van der Waals surface area contributed by atoms with Gasteiger partial charge in [0, 0.05) is 37.6 Å². The predicted molar refractivity (Wildman–Crippen MR) is 77.8 cm³/mol. The molecular formula is C14H24N4. The molecule has 1 fully saturated rings. The SMILES string of the molecule is NCCCCN1CCN(c2cccc(N)c2)CC1. The second-order valence-corrected chi connectivity index (χ2v) is 4.92. The minimum atomic E-state index is 0.809. The quantitative estimate of drug-likeness (QED) is 0.606. The third-order valence-corrected chi connectivity index (χ3v) is 3.54. The maximum atomic E-state index is 5.82. The Morgan fingerprint density at radius 2 is 1.83 bits per heavy atom. The molecule has 4 nitrogen and oxygen atoms in total. The lowest BCUT2D eigenvalue weighted by molar-refractivity contribution is 0.253. The summed E-state index contributed by atoms with van der Waals surface area (Å²) in [6.07, 6.45) is 2.35. The van der Waals surface area contributed by atoms with Gasteiger partial charge in [-0.2, -0.15) is 0 Å². The van der Waals surface area contributed by atoms with Gasteiger partial charge in [0.15, 0.2) is 0 Å². The van der Waals surface area contributed by atoms with Crippen molar-refractivity contribution in [1.82, 2.24) is 4.90 Å². The fraction of sp³-hybridized carbons (Fsp3) is 0.571. The first-order valence-corrected chi connectivity index (χ1v) is 6.82. The zero-order chi connectivity index (χ0) is 12.8. The Bertz CT molecular complexity index is 359. The van der Waals surface area contributed by atoms with Gasteiger partial charge < -0.3 is 16.4 Å². The zero-order valence-electron chi connectivity index (χ0n) is 11.0. The van der Waals surface area contributed by atoms with Crippen molar-refractivity contribution in [3.05, 3.63) is 24.3 Å². The van der Waals surface area contributed by atoms with Crippen LogP contribution in [0.4, 0.5) is 11.4 Å². The van der Waals surface area contributed by atoms with Crippen molar-refractivity contribution >= 4 is 11.4 Å². The molecule has 0 aromatic heterocycles. The van der Waals surface area contributed by atoms with Gasteiger partial charge in [-0.25, -0.2) is 0 Å². The maximum Gasteiger partial charge on any atom is 0.0387 e. The maximum absolute atomic E-state index is 5.82. The van der Waals surface area contributed by atoms with Crippen molar-refractivity contribution in [3.8, 4) is 0 Å². The minimum Gasteiger partial charge on any atom is -0.399 e. The molecule has 1 aromatic rings. The van der Waals surface area contributed by atoms with E-state index in [1.165, 1.54) is 18.7 Å². The Balaban J connectivity index is 1.79. The van der Waals surface area contributed by atoms with E-state index in [-0.39, 0.29) is 0 Å². The van der Waals surface area contributed by atoms with E-state index < -0.39 is 0 Å². The van der Waals surface area contributed by atoms with Crippen LogP contribution in [0.15, 0.2) is 24.3 Å². The van der Waals surface area contributed by atoms with E-state index in [0.717, 1.165) is 44.8 Å². The molecule has 0 bridgehead atoms. The standard InChI is InChI=1S/C14H24N4/c15-6-1-2-7-17-8-10-18(11-9-17)14-5-3-4-13(16)12-14/h3-5,12H,1-2,6-11,15-16H2. The summed E-state index contributed by atoms with van der Waals surface area (Å²) >= 11 is 0. The minimum absolute atomic E-state index is 0.809. The molecule has 1 heterocycles. The first-order valence-electron chi connectivity index (χ1n) is 6.82. The lowest BCUT2D eigenvalue weighted by Gasteiger charge is -2.36. The predicted octanol–water partition coefficient (Wildman–Crippen LogP) is 1.13. The molecule has 0 aliphatic carbocycles. The number of benzene rings is 1. The molecule has 2 rings (SSSR count). The van der Waals surface area contributed by atoms with Gasteiger partial charge in [-0.1, -0.05) is 6.07 Å². The summed E-state index contributed by atoms with van der Waals surface area (Å²) < 4.78 is 0. The van der Waals surface area contributed by atoms with Gasteiger partial charge in [0.1, 0.15) is 0 Å². The molecular weight excluding hydrogens is 224 g/mol. The lowest BCUT2D eigenvalue weighted by atomic mass is 10.2. The van der Waals surface area contributed by atoms with Crippen molar-refractivity contribution in [1.29, 1.82) is 0 Å². The van der Waals surface area contributed by atoms with Crippen LogP contribution in [0.3, 0.4) is 0 Å². The molecule has 0 radical (unpaired) electrons. The second-order valence-electron chi connectivity index (χ2n) is 4.92. The van der Waals surface area contributed by atoms with Crippen LogP contribution < -0.4 is 16.4 Å². The third kappa shape index (κ3) is 3.62. The van der Waals surface area contributed by atoms with Crippen LogP contribution in [-0.2, 0) is 0 Å². The highest BCUT2D eigenvalue weighted by Crippen LogP contribution is 2.19. The van der Waals surface area contributed by atoms with Gasteiger partial charge in [0.2, 0.25) is 0 Å². The fourth-order valence-corrected chi connectivity index (χ4v) is 2.43. The van der Waals surface area contributed by atoms with Crippen molar-refractivity contribution in [2.75, 3.05) is 49.9 Å². The summed E-state index contributed by atoms with van der Waals surface area (Å²) in [4.78, 5) is 4.94. The van der Waals surface area contributed by atoms with Gasteiger partial charge in [0.05, 0.1) is 0 Å².